The second kappa shape index (κ2) is 8.10. The number of fused-ring (bicyclic) bond motifs is 1. The maximum Gasteiger partial charge on any atom is 0.341 e. The summed E-state index contributed by atoms with van der Waals surface area (Å²) in [4.78, 5) is 49.5. The van der Waals surface area contributed by atoms with E-state index in [-0.39, 0.29) is 22.9 Å². The summed E-state index contributed by atoms with van der Waals surface area (Å²) in [7, 11) is 1.83. The van der Waals surface area contributed by atoms with Gasteiger partial charge in [0.25, 0.3) is 0 Å². The van der Waals surface area contributed by atoms with Crippen LogP contribution >= 0.6 is 11.3 Å². The fourth-order valence-corrected chi connectivity index (χ4v) is 4.37. The van der Waals surface area contributed by atoms with Crippen molar-refractivity contribution in [2.45, 2.75) is 32.7 Å². The predicted octanol–water partition coefficient (Wildman–Crippen LogP) is 2.30. The maximum absolute atomic E-state index is 12.8. The zero-order valence-corrected chi connectivity index (χ0v) is 18.3. The lowest BCUT2D eigenvalue weighted by Gasteiger charge is -2.44. The molecule has 9 nitrogen and oxygen atoms in total. The molecule has 10 heteroatoms. The van der Waals surface area contributed by atoms with Crippen molar-refractivity contribution in [1.82, 2.24) is 19.4 Å². The molecule has 1 amide bonds. The normalized spacial score (nSPS) is 14.0. The van der Waals surface area contributed by atoms with E-state index in [1.165, 1.54) is 17.5 Å². The first-order valence-corrected chi connectivity index (χ1v) is 10.9. The van der Waals surface area contributed by atoms with Crippen LogP contribution in [0.15, 0.2) is 28.6 Å². The first kappa shape index (κ1) is 21.0. The Hall–Kier alpha value is -3.27. The minimum absolute atomic E-state index is 0.118. The molecule has 4 heterocycles. The number of nitrogens with zero attached hydrogens (tertiary/aromatic N) is 5. The van der Waals surface area contributed by atoms with Crippen LogP contribution < -0.4 is 10.3 Å². The Morgan fingerprint density at radius 2 is 2.10 bits per heavy atom. The molecule has 0 radical (unpaired) electrons. The van der Waals surface area contributed by atoms with Crippen molar-refractivity contribution in [3.63, 3.8) is 0 Å². The molecule has 0 aromatic carbocycles. The Kier molecular flexibility index (Phi) is 5.48. The third-order valence-corrected chi connectivity index (χ3v) is 6.36. The molecule has 0 spiro atoms. The van der Waals surface area contributed by atoms with E-state index >= 15 is 0 Å². The van der Waals surface area contributed by atoms with Crippen LogP contribution in [0.5, 0.6) is 0 Å². The fourth-order valence-electron chi connectivity index (χ4n) is 3.75. The molecule has 31 heavy (non-hydrogen) atoms. The third kappa shape index (κ3) is 3.67. The zero-order chi connectivity index (χ0) is 22.3. The monoisotopic (exact) mass is 441 g/mol. The van der Waals surface area contributed by atoms with Crippen molar-refractivity contribution < 1.29 is 14.7 Å². The summed E-state index contributed by atoms with van der Waals surface area (Å²) in [5.41, 5.74) is 0.148. The molecule has 1 N–H and O–H groups in total. The first-order chi connectivity index (χ1) is 14.8. The Labute approximate surface area is 182 Å². The van der Waals surface area contributed by atoms with Gasteiger partial charge < -0.3 is 14.9 Å². The molecule has 4 rings (SSSR count). The van der Waals surface area contributed by atoms with Gasteiger partial charge in [0.1, 0.15) is 11.4 Å². The minimum atomic E-state index is -1.29. The lowest BCUT2D eigenvalue weighted by Crippen LogP contribution is -2.60. The molecule has 1 aliphatic rings. The van der Waals surface area contributed by atoms with Gasteiger partial charge in [0, 0.05) is 44.3 Å². The predicted molar refractivity (Wildman–Crippen MR) is 118 cm³/mol. The number of aryl methyl sites for hydroxylation is 1. The van der Waals surface area contributed by atoms with Gasteiger partial charge in [-0.05, 0) is 25.0 Å². The quantitative estimate of drug-likeness (QED) is 0.625. The topological polar surface area (TPSA) is 109 Å². The van der Waals surface area contributed by atoms with Gasteiger partial charge in [-0.1, -0.05) is 6.92 Å². The number of likely N-dealkylation sites (N-methyl/N-ethyl adjacent to an activating group) is 1. The van der Waals surface area contributed by atoms with Crippen LogP contribution in [0.2, 0.25) is 0 Å². The summed E-state index contributed by atoms with van der Waals surface area (Å²) in [5.74, 6) is -0.468. The number of carbonyl (C=O) groups is 2. The van der Waals surface area contributed by atoms with Crippen LogP contribution in [0.4, 0.5) is 5.82 Å². The second-order valence-corrected chi connectivity index (χ2v) is 8.54. The van der Waals surface area contributed by atoms with Crippen molar-refractivity contribution in [3.05, 3.63) is 45.2 Å². The summed E-state index contributed by atoms with van der Waals surface area (Å²) >= 11 is 1.33. The van der Waals surface area contributed by atoms with Crippen molar-refractivity contribution in [2.24, 2.45) is 0 Å². The molecule has 0 saturated carbocycles. The van der Waals surface area contributed by atoms with E-state index in [9.17, 15) is 19.5 Å². The van der Waals surface area contributed by atoms with Gasteiger partial charge in [-0.2, -0.15) is 0 Å². The minimum Gasteiger partial charge on any atom is -0.477 e. The van der Waals surface area contributed by atoms with Gasteiger partial charge in [0.15, 0.2) is 10.8 Å². The van der Waals surface area contributed by atoms with E-state index in [0.29, 0.717) is 41.7 Å². The Balaban J connectivity index is 1.75. The van der Waals surface area contributed by atoms with E-state index in [4.69, 9.17) is 4.98 Å². The van der Waals surface area contributed by atoms with Gasteiger partial charge in [0.05, 0.1) is 11.4 Å². The number of rotatable bonds is 6. The second-order valence-electron chi connectivity index (χ2n) is 7.67. The molecule has 3 aromatic heterocycles. The molecule has 1 saturated heterocycles. The number of carboxylic acid groups (broad SMARTS) is 1. The van der Waals surface area contributed by atoms with Crippen LogP contribution in [0.3, 0.4) is 0 Å². The zero-order valence-electron chi connectivity index (χ0n) is 17.5. The van der Waals surface area contributed by atoms with E-state index < -0.39 is 11.4 Å². The van der Waals surface area contributed by atoms with Gasteiger partial charge in [-0.3, -0.25) is 14.2 Å². The largest absolute Gasteiger partial charge is 0.477 e. The molecule has 0 bridgehead atoms. The highest BCUT2D eigenvalue weighted by molar-refractivity contribution is 7.12. The van der Waals surface area contributed by atoms with Crippen molar-refractivity contribution in [3.8, 4) is 5.13 Å². The van der Waals surface area contributed by atoms with Crippen LogP contribution in [-0.4, -0.2) is 62.6 Å². The van der Waals surface area contributed by atoms with Crippen molar-refractivity contribution in [1.29, 1.82) is 0 Å². The van der Waals surface area contributed by atoms with Crippen LogP contribution in [-0.2, 0) is 4.79 Å². The average Bonchev–Trinajstić information content (AvgIpc) is 3.21. The number of hydrogen-bond acceptors (Lipinski definition) is 7. The molecule has 1 fully saturated rings. The third-order valence-electron chi connectivity index (χ3n) is 5.59. The molecule has 0 aliphatic carbocycles. The number of aromatic nitrogens is 3. The molecule has 3 aromatic rings. The first-order valence-electron chi connectivity index (χ1n) is 10.0. The highest BCUT2D eigenvalue weighted by atomic mass is 32.1. The molecule has 0 atom stereocenters. The van der Waals surface area contributed by atoms with Gasteiger partial charge in [0.2, 0.25) is 11.3 Å². The number of carbonyl (C=O) groups excluding carboxylic acids is 1. The van der Waals surface area contributed by atoms with Crippen molar-refractivity contribution >= 4 is 40.1 Å². The molecular weight excluding hydrogens is 418 g/mol. The maximum atomic E-state index is 12.8. The number of hydrogen-bond donors (Lipinski definition) is 1. The lowest BCUT2D eigenvalue weighted by molar-refractivity contribution is -0.132. The van der Waals surface area contributed by atoms with E-state index in [2.05, 4.69) is 9.88 Å². The summed E-state index contributed by atoms with van der Waals surface area (Å²) in [6.07, 6.45) is 4.26. The summed E-state index contributed by atoms with van der Waals surface area (Å²) in [6.45, 7) is 5.07. The molecule has 1 aliphatic heterocycles. The number of pyridine rings is 2. The summed E-state index contributed by atoms with van der Waals surface area (Å²) in [5, 5.41) is 12.1. The van der Waals surface area contributed by atoms with Gasteiger partial charge >= 0.3 is 5.97 Å². The van der Waals surface area contributed by atoms with E-state index in [0.717, 1.165) is 6.42 Å². The number of thiazole rings is 1. The highest BCUT2D eigenvalue weighted by Crippen LogP contribution is 2.28. The summed E-state index contributed by atoms with van der Waals surface area (Å²) in [6, 6.07) is 1.92. The Bertz CT molecular complexity index is 1210. The van der Waals surface area contributed by atoms with Crippen molar-refractivity contribution in [2.75, 3.05) is 25.0 Å². The smallest absolute Gasteiger partial charge is 0.341 e. The fraction of sp³-hybridized carbons (Fsp3) is 0.381. The van der Waals surface area contributed by atoms with Gasteiger partial charge in [-0.25, -0.2) is 14.8 Å². The molecule has 0 unspecified atom stereocenters. The van der Waals surface area contributed by atoms with Gasteiger partial charge in [-0.15, -0.1) is 11.3 Å². The number of anilines is 1. The summed E-state index contributed by atoms with van der Waals surface area (Å²) < 4.78 is 1.57. The Morgan fingerprint density at radius 3 is 2.71 bits per heavy atom. The average molecular weight is 442 g/mol. The lowest BCUT2D eigenvalue weighted by atomic mass is 10.1. The van der Waals surface area contributed by atoms with Crippen LogP contribution in [0, 0.1) is 6.92 Å². The van der Waals surface area contributed by atoms with E-state index in [1.54, 1.807) is 34.0 Å². The standard InChI is InChI=1S/C21H23N5O4S/c1-4-5-16(27)24(3)13-9-25(10-13)15-8-12(2)17-18(28)14(20(29)30)11-26(19(17)23-15)21-22-6-7-31-21/h6-8,11,13H,4-5,9-10H2,1-3H3,(H,29,30). The molecular formula is C21H23N5O4S. The number of amides is 1. The number of aromatic carboxylic acids is 1. The number of carboxylic acids is 1. The van der Waals surface area contributed by atoms with Crippen LogP contribution in [0.1, 0.15) is 35.7 Å². The highest BCUT2D eigenvalue weighted by Gasteiger charge is 2.33. The van der Waals surface area contributed by atoms with E-state index in [1.807, 2.05) is 14.0 Å². The van der Waals surface area contributed by atoms with Crippen LogP contribution in [0.25, 0.3) is 16.2 Å². The Morgan fingerprint density at radius 1 is 1.35 bits per heavy atom. The molecule has 162 valence electrons. The SMILES string of the molecule is CCCC(=O)N(C)C1CN(c2cc(C)c3c(=O)c(C(=O)O)cn(-c4nccs4)c3n2)C1.